The molecule has 0 saturated heterocycles. The van der Waals surface area contributed by atoms with Crippen LogP contribution in [0.25, 0.3) is 0 Å². The fraction of sp³-hybridized carbons (Fsp3) is 0.957. The van der Waals surface area contributed by atoms with E-state index in [1.165, 1.54) is 51.4 Å². The Bertz CT molecular complexity index is 546. The number of fused-ring (bicyclic) bond motifs is 5. The molecule has 4 rings (SSSR count). The van der Waals surface area contributed by atoms with E-state index < -0.39 is 5.97 Å². The molecule has 4 aliphatic carbocycles. The Morgan fingerprint density at radius 2 is 1.77 bits per heavy atom. The van der Waals surface area contributed by atoms with Crippen LogP contribution >= 0.6 is 0 Å². The minimum atomic E-state index is -0.660. The zero-order chi connectivity index (χ0) is 18.5. The first kappa shape index (κ1) is 18.8. The average Bonchev–Trinajstić information content (AvgIpc) is 2.92. The largest absolute Gasteiger partial charge is 0.481 e. The van der Waals surface area contributed by atoms with Crippen LogP contribution in [-0.4, -0.2) is 22.3 Å². The minimum absolute atomic E-state index is 0.0985. The second-order valence-corrected chi connectivity index (χ2v) is 10.6. The highest BCUT2D eigenvalue weighted by Gasteiger charge is 2.61. The Labute approximate surface area is 158 Å². The predicted octanol–water partition coefficient (Wildman–Crippen LogP) is 5.26. The van der Waals surface area contributed by atoms with Crippen LogP contribution in [0.4, 0.5) is 0 Å². The van der Waals surface area contributed by atoms with E-state index in [1.54, 1.807) is 0 Å². The molecule has 0 amide bonds. The number of aliphatic hydroxyl groups is 1. The van der Waals surface area contributed by atoms with E-state index in [2.05, 4.69) is 13.8 Å². The normalized spacial score (nSPS) is 50.6. The van der Waals surface area contributed by atoms with Crippen molar-refractivity contribution in [1.29, 1.82) is 0 Å². The van der Waals surface area contributed by atoms with Crippen LogP contribution in [0.5, 0.6) is 0 Å². The zero-order valence-corrected chi connectivity index (χ0v) is 16.8. The van der Waals surface area contributed by atoms with Gasteiger partial charge in [0, 0.05) is 6.42 Å². The lowest BCUT2D eigenvalue weighted by Crippen LogP contribution is -2.57. The van der Waals surface area contributed by atoms with Gasteiger partial charge in [0.2, 0.25) is 0 Å². The van der Waals surface area contributed by atoms with Gasteiger partial charge >= 0.3 is 5.97 Å². The highest BCUT2D eigenvalue weighted by atomic mass is 16.4. The van der Waals surface area contributed by atoms with Crippen molar-refractivity contribution in [3.05, 3.63) is 0 Å². The number of carboxylic acids is 1. The van der Waals surface area contributed by atoms with E-state index >= 15 is 0 Å². The first-order valence-corrected chi connectivity index (χ1v) is 11.3. The van der Waals surface area contributed by atoms with Crippen LogP contribution < -0.4 is 0 Å². The molecule has 4 aliphatic rings. The molecule has 0 aromatic carbocycles. The van der Waals surface area contributed by atoms with Gasteiger partial charge in [-0.2, -0.15) is 0 Å². The van der Waals surface area contributed by atoms with Gasteiger partial charge < -0.3 is 10.2 Å². The van der Waals surface area contributed by atoms with Gasteiger partial charge in [0.05, 0.1) is 6.10 Å². The van der Waals surface area contributed by atoms with E-state index in [9.17, 15) is 9.90 Å². The fourth-order valence-electron chi connectivity index (χ4n) is 8.34. The monoisotopic (exact) mass is 362 g/mol. The summed E-state index contributed by atoms with van der Waals surface area (Å²) in [5.74, 6) is 2.62. The van der Waals surface area contributed by atoms with Crippen molar-refractivity contribution >= 4 is 5.97 Å². The summed E-state index contributed by atoms with van der Waals surface area (Å²) in [7, 11) is 0. The summed E-state index contributed by atoms with van der Waals surface area (Å²) in [6.07, 6.45) is 13.7. The minimum Gasteiger partial charge on any atom is -0.481 e. The SMILES string of the molecule is C[C@]12CCC3[C@H](C1CC[C@@H]2CCCC(=O)O)[C@@H](O)C[C@@H]1CCCC[C@]31C. The molecule has 26 heavy (non-hydrogen) atoms. The molecule has 3 nitrogen and oxygen atoms in total. The molecular weight excluding hydrogens is 324 g/mol. The quantitative estimate of drug-likeness (QED) is 0.717. The summed E-state index contributed by atoms with van der Waals surface area (Å²) in [5, 5.41) is 20.2. The van der Waals surface area contributed by atoms with Crippen molar-refractivity contribution in [2.75, 3.05) is 0 Å². The molecule has 4 fully saturated rings. The second kappa shape index (κ2) is 6.79. The van der Waals surface area contributed by atoms with Crippen molar-refractivity contribution in [2.45, 2.75) is 97.0 Å². The Kier molecular flexibility index (Phi) is 4.91. The number of rotatable bonds is 4. The molecule has 2 unspecified atom stereocenters. The molecule has 4 saturated carbocycles. The number of aliphatic hydroxyl groups excluding tert-OH is 1. The lowest BCUT2D eigenvalue weighted by atomic mass is 9.44. The number of carboxylic acid groups (broad SMARTS) is 1. The van der Waals surface area contributed by atoms with Gasteiger partial charge in [-0.3, -0.25) is 4.79 Å². The number of aliphatic carboxylic acids is 1. The summed E-state index contributed by atoms with van der Waals surface area (Å²) < 4.78 is 0. The van der Waals surface area contributed by atoms with Crippen molar-refractivity contribution in [1.82, 2.24) is 0 Å². The molecule has 0 radical (unpaired) electrons. The third-order valence-corrected chi connectivity index (χ3v) is 9.74. The van der Waals surface area contributed by atoms with E-state index in [1.807, 2.05) is 0 Å². The first-order valence-electron chi connectivity index (χ1n) is 11.3. The van der Waals surface area contributed by atoms with Crippen LogP contribution in [-0.2, 0) is 4.79 Å². The van der Waals surface area contributed by atoms with Crippen molar-refractivity contribution in [3.8, 4) is 0 Å². The summed E-state index contributed by atoms with van der Waals surface area (Å²) >= 11 is 0. The molecule has 8 atom stereocenters. The lowest BCUT2D eigenvalue weighted by Gasteiger charge is -2.62. The smallest absolute Gasteiger partial charge is 0.303 e. The van der Waals surface area contributed by atoms with Gasteiger partial charge in [-0.25, -0.2) is 0 Å². The van der Waals surface area contributed by atoms with Crippen molar-refractivity contribution in [2.24, 2.45) is 40.4 Å². The summed E-state index contributed by atoms with van der Waals surface area (Å²) in [5.41, 5.74) is 0.795. The van der Waals surface area contributed by atoms with Crippen molar-refractivity contribution in [3.63, 3.8) is 0 Å². The van der Waals surface area contributed by atoms with E-state index in [0.29, 0.717) is 40.9 Å². The van der Waals surface area contributed by atoms with Crippen LogP contribution in [0.15, 0.2) is 0 Å². The van der Waals surface area contributed by atoms with E-state index in [-0.39, 0.29) is 6.10 Å². The van der Waals surface area contributed by atoms with Gasteiger partial charge in [-0.1, -0.05) is 26.7 Å². The molecule has 0 heterocycles. The van der Waals surface area contributed by atoms with Gasteiger partial charge in [0.1, 0.15) is 0 Å². The Morgan fingerprint density at radius 1 is 1.00 bits per heavy atom. The maximum absolute atomic E-state index is 11.2. The molecule has 0 bridgehead atoms. The molecule has 0 aromatic rings. The second-order valence-electron chi connectivity index (χ2n) is 10.6. The molecular formula is C23H38O3. The van der Waals surface area contributed by atoms with E-state index in [0.717, 1.165) is 25.2 Å². The molecule has 0 aliphatic heterocycles. The topological polar surface area (TPSA) is 57.5 Å². The van der Waals surface area contributed by atoms with Gasteiger partial charge in [-0.05, 0) is 98.2 Å². The standard InChI is InChI=1S/C23H38O3/c1-22-12-4-3-6-16(22)14-19(24)21-17-10-9-15(7-5-8-20(25)26)23(17,2)13-11-18(21)22/h15-19,21,24H,3-14H2,1-2H3,(H,25,26)/t15-,16-,17?,18?,19-,21-,22-,23+/m0/s1. The Hall–Kier alpha value is -0.570. The maximum atomic E-state index is 11.2. The molecule has 0 aromatic heterocycles. The molecule has 0 spiro atoms. The zero-order valence-electron chi connectivity index (χ0n) is 16.8. The van der Waals surface area contributed by atoms with Gasteiger partial charge in [0.15, 0.2) is 0 Å². The van der Waals surface area contributed by atoms with Gasteiger partial charge in [-0.15, -0.1) is 0 Å². The lowest BCUT2D eigenvalue weighted by molar-refractivity contribution is -0.162. The highest BCUT2D eigenvalue weighted by molar-refractivity contribution is 5.66. The third-order valence-electron chi connectivity index (χ3n) is 9.74. The van der Waals surface area contributed by atoms with Crippen molar-refractivity contribution < 1.29 is 15.0 Å². The summed E-state index contributed by atoms with van der Waals surface area (Å²) in [6.45, 7) is 5.04. The van der Waals surface area contributed by atoms with E-state index in [4.69, 9.17) is 5.11 Å². The van der Waals surface area contributed by atoms with Crippen LogP contribution in [0.2, 0.25) is 0 Å². The number of hydrogen-bond donors (Lipinski definition) is 2. The summed E-state index contributed by atoms with van der Waals surface area (Å²) in [4.78, 5) is 10.9. The third kappa shape index (κ3) is 2.84. The Balaban J connectivity index is 1.53. The Morgan fingerprint density at radius 3 is 2.54 bits per heavy atom. The van der Waals surface area contributed by atoms with Crippen LogP contribution in [0.1, 0.15) is 90.9 Å². The molecule has 148 valence electrons. The molecule has 2 N–H and O–H groups in total. The fourth-order valence-corrected chi connectivity index (χ4v) is 8.34. The maximum Gasteiger partial charge on any atom is 0.303 e. The molecule has 3 heteroatoms. The van der Waals surface area contributed by atoms with Crippen LogP contribution in [0, 0.1) is 40.4 Å². The van der Waals surface area contributed by atoms with Crippen LogP contribution in [0.3, 0.4) is 0 Å². The number of carbonyl (C=O) groups is 1. The number of hydrogen-bond acceptors (Lipinski definition) is 2. The van der Waals surface area contributed by atoms with Gasteiger partial charge in [0.25, 0.3) is 0 Å². The predicted molar refractivity (Wildman–Crippen MR) is 103 cm³/mol. The average molecular weight is 363 g/mol. The summed E-state index contributed by atoms with van der Waals surface area (Å²) in [6, 6.07) is 0. The highest BCUT2D eigenvalue weighted by Crippen LogP contribution is 2.67. The first-order chi connectivity index (χ1) is 12.4.